The summed E-state index contributed by atoms with van der Waals surface area (Å²) in [6.45, 7) is 4.01. The van der Waals surface area contributed by atoms with Crippen molar-refractivity contribution in [2.45, 2.75) is 32.7 Å². The third-order valence-corrected chi connectivity index (χ3v) is 0.880. The SMILES string of the molecule is CCCC=CC(C)[NH]. The van der Waals surface area contributed by atoms with Gasteiger partial charge in [-0.25, -0.2) is 0 Å². The van der Waals surface area contributed by atoms with Crippen LogP contribution in [0.3, 0.4) is 0 Å². The first-order valence-corrected chi connectivity index (χ1v) is 3.15. The minimum absolute atomic E-state index is 0.0263. The van der Waals surface area contributed by atoms with E-state index in [1.165, 1.54) is 6.42 Å². The third-order valence-electron chi connectivity index (χ3n) is 0.880. The fourth-order valence-corrected chi connectivity index (χ4v) is 0.467. The number of hydrogen-bond donors (Lipinski definition) is 0. The molecule has 8 heavy (non-hydrogen) atoms. The van der Waals surface area contributed by atoms with E-state index in [4.69, 9.17) is 5.73 Å². The van der Waals surface area contributed by atoms with Crippen molar-refractivity contribution in [1.29, 1.82) is 0 Å². The van der Waals surface area contributed by atoms with Crippen molar-refractivity contribution in [3.8, 4) is 0 Å². The summed E-state index contributed by atoms with van der Waals surface area (Å²) in [6.07, 6.45) is 6.29. The largest absolute Gasteiger partial charge is 0.251 e. The molecule has 0 aliphatic carbocycles. The zero-order valence-corrected chi connectivity index (χ0v) is 5.65. The van der Waals surface area contributed by atoms with Crippen molar-refractivity contribution in [2.24, 2.45) is 0 Å². The molecule has 1 heteroatoms. The van der Waals surface area contributed by atoms with Gasteiger partial charge in [0, 0.05) is 6.04 Å². The number of unbranched alkanes of at least 4 members (excludes halogenated alkanes) is 1. The van der Waals surface area contributed by atoms with Gasteiger partial charge in [0.05, 0.1) is 0 Å². The second kappa shape index (κ2) is 4.85. The first kappa shape index (κ1) is 7.70. The van der Waals surface area contributed by atoms with Gasteiger partial charge in [-0.2, -0.15) is 0 Å². The Morgan fingerprint density at radius 2 is 2.25 bits per heavy atom. The van der Waals surface area contributed by atoms with Crippen LogP contribution in [0.15, 0.2) is 12.2 Å². The van der Waals surface area contributed by atoms with Gasteiger partial charge in [-0.15, -0.1) is 0 Å². The number of hydrogen-bond acceptors (Lipinski definition) is 0. The highest BCUT2D eigenvalue weighted by Gasteiger charge is 1.81. The van der Waals surface area contributed by atoms with Crippen molar-refractivity contribution in [2.75, 3.05) is 0 Å². The van der Waals surface area contributed by atoms with E-state index in [0.717, 1.165) is 6.42 Å². The third kappa shape index (κ3) is 5.70. The summed E-state index contributed by atoms with van der Waals surface area (Å²) in [4.78, 5) is 0. The predicted octanol–water partition coefficient (Wildman–Crippen LogP) is 2.01. The van der Waals surface area contributed by atoms with Crippen LogP contribution in [-0.2, 0) is 0 Å². The van der Waals surface area contributed by atoms with E-state index in [2.05, 4.69) is 13.0 Å². The molecule has 0 amide bonds. The van der Waals surface area contributed by atoms with Gasteiger partial charge in [0.2, 0.25) is 0 Å². The molecule has 1 radical (unpaired) electrons. The second-order valence-corrected chi connectivity index (χ2v) is 2.01. The maximum Gasteiger partial charge on any atom is 0.0364 e. The molecular weight excluding hydrogens is 98.1 g/mol. The van der Waals surface area contributed by atoms with Crippen molar-refractivity contribution < 1.29 is 0 Å². The quantitative estimate of drug-likeness (QED) is 0.499. The zero-order chi connectivity index (χ0) is 6.41. The molecule has 0 rings (SSSR count). The van der Waals surface area contributed by atoms with Gasteiger partial charge in [0.15, 0.2) is 0 Å². The monoisotopic (exact) mass is 112 g/mol. The maximum atomic E-state index is 7.07. The Balaban J connectivity index is 3.07. The molecule has 0 bridgehead atoms. The Labute approximate surface area is 51.6 Å². The van der Waals surface area contributed by atoms with Crippen LogP contribution in [0.25, 0.3) is 0 Å². The molecule has 0 aliphatic heterocycles. The van der Waals surface area contributed by atoms with E-state index in [0.29, 0.717) is 0 Å². The summed E-state index contributed by atoms with van der Waals surface area (Å²) >= 11 is 0. The van der Waals surface area contributed by atoms with Crippen LogP contribution < -0.4 is 5.73 Å². The van der Waals surface area contributed by atoms with E-state index < -0.39 is 0 Å². The van der Waals surface area contributed by atoms with Crippen LogP contribution >= 0.6 is 0 Å². The summed E-state index contributed by atoms with van der Waals surface area (Å²) in [6, 6.07) is -0.0263. The first-order chi connectivity index (χ1) is 3.77. The van der Waals surface area contributed by atoms with Crippen LogP contribution in [0.2, 0.25) is 0 Å². The summed E-state index contributed by atoms with van der Waals surface area (Å²) in [5.74, 6) is 0. The Kier molecular flexibility index (Phi) is 4.67. The zero-order valence-electron chi connectivity index (χ0n) is 5.65. The molecule has 0 aromatic carbocycles. The summed E-state index contributed by atoms with van der Waals surface area (Å²) < 4.78 is 0. The van der Waals surface area contributed by atoms with Crippen molar-refractivity contribution in [3.05, 3.63) is 12.2 Å². The molecule has 0 aromatic rings. The molecule has 0 aliphatic rings. The molecule has 1 unspecified atom stereocenters. The molecular formula is C7H14N. The smallest absolute Gasteiger partial charge is 0.0364 e. The second-order valence-electron chi connectivity index (χ2n) is 2.01. The van der Waals surface area contributed by atoms with Gasteiger partial charge >= 0.3 is 0 Å². The van der Waals surface area contributed by atoms with Gasteiger partial charge in [0.25, 0.3) is 0 Å². The van der Waals surface area contributed by atoms with Crippen molar-refractivity contribution >= 4 is 0 Å². The normalized spacial score (nSPS) is 14.9. The van der Waals surface area contributed by atoms with E-state index in [9.17, 15) is 0 Å². The van der Waals surface area contributed by atoms with E-state index in [-0.39, 0.29) is 6.04 Å². The lowest BCUT2D eigenvalue weighted by molar-refractivity contribution is 0.872. The van der Waals surface area contributed by atoms with Gasteiger partial charge in [0.1, 0.15) is 0 Å². The average Bonchev–Trinajstić information content (AvgIpc) is 1.66. The lowest BCUT2D eigenvalue weighted by Gasteiger charge is -1.90. The summed E-state index contributed by atoms with van der Waals surface area (Å²) in [5, 5.41) is 0. The Morgan fingerprint density at radius 3 is 2.62 bits per heavy atom. The van der Waals surface area contributed by atoms with Crippen LogP contribution in [0.1, 0.15) is 26.7 Å². The summed E-state index contributed by atoms with van der Waals surface area (Å²) in [7, 11) is 0. The highest BCUT2D eigenvalue weighted by molar-refractivity contribution is 4.87. The van der Waals surface area contributed by atoms with Crippen LogP contribution in [0, 0.1) is 0 Å². The summed E-state index contributed by atoms with van der Waals surface area (Å²) in [5.41, 5.74) is 7.07. The minimum atomic E-state index is -0.0263. The molecule has 0 fully saturated rings. The highest BCUT2D eigenvalue weighted by atomic mass is 14.6. The van der Waals surface area contributed by atoms with Crippen molar-refractivity contribution in [3.63, 3.8) is 0 Å². The van der Waals surface area contributed by atoms with E-state index >= 15 is 0 Å². The number of allylic oxidation sites excluding steroid dienone is 1. The molecule has 0 spiro atoms. The van der Waals surface area contributed by atoms with Gasteiger partial charge < -0.3 is 0 Å². The molecule has 1 atom stereocenters. The topological polar surface area (TPSA) is 23.8 Å². The molecule has 1 nitrogen and oxygen atoms in total. The maximum absolute atomic E-state index is 7.07. The van der Waals surface area contributed by atoms with Crippen LogP contribution in [0.4, 0.5) is 0 Å². The fraction of sp³-hybridized carbons (Fsp3) is 0.714. The minimum Gasteiger partial charge on any atom is -0.251 e. The molecule has 1 N–H and O–H groups in total. The van der Waals surface area contributed by atoms with Gasteiger partial charge in [-0.1, -0.05) is 25.5 Å². The molecule has 0 aromatic heterocycles. The molecule has 47 valence electrons. The lowest BCUT2D eigenvalue weighted by atomic mass is 10.2. The van der Waals surface area contributed by atoms with Crippen molar-refractivity contribution in [1.82, 2.24) is 5.73 Å². The highest BCUT2D eigenvalue weighted by Crippen LogP contribution is 1.89. The lowest BCUT2D eigenvalue weighted by Crippen LogP contribution is -1.94. The molecule has 0 saturated heterocycles. The molecule has 0 saturated carbocycles. The van der Waals surface area contributed by atoms with Crippen LogP contribution in [0.5, 0.6) is 0 Å². The van der Waals surface area contributed by atoms with Gasteiger partial charge in [-0.05, 0) is 13.3 Å². The van der Waals surface area contributed by atoms with Gasteiger partial charge in [-0.3, -0.25) is 5.73 Å². The van der Waals surface area contributed by atoms with E-state index in [1.807, 2.05) is 13.0 Å². The fourth-order valence-electron chi connectivity index (χ4n) is 0.467. The number of nitrogens with one attached hydrogen (secondary N) is 1. The van der Waals surface area contributed by atoms with Crippen LogP contribution in [-0.4, -0.2) is 6.04 Å². The molecule has 0 heterocycles. The first-order valence-electron chi connectivity index (χ1n) is 3.15. The standard InChI is InChI=1S/C7H14N/c1-3-4-5-6-7(2)8/h5-8H,3-4H2,1-2H3. The Hall–Kier alpha value is -0.300. The predicted molar refractivity (Wildman–Crippen MR) is 36.6 cm³/mol. The Bertz CT molecular complexity index is 64.8. The Morgan fingerprint density at radius 1 is 1.62 bits per heavy atom. The van der Waals surface area contributed by atoms with E-state index in [1.54, 1.807) is 0 Å². The number of rotatable bonds is 3. The average molecular weight is 112 g/mol.